The molecule has 1 unspecified atom stereocenters. The summed E-state index contributed by atoms with van der Waals surface area (Å²) in [5.41, 5.74) is 0. The maximum Gasteiger partial charge on any atom is 0.277 e. The molecule has 0 amide bonds. The van der Waals surface area contributed by atoms with E-state index in [2.05, 4.69) is 0 Å². The van der Waals surface area contributed by atoms with Gasteiger partial charge >= 0.3 is 0 Å². The zero-order valence-electron chi connectivity index (χ0n) is 7.24. The van der Waals surface area contributed by atoms with Crippen LogP contribution in [0.3, 0.4) is 0 Å². The van der Waals surface area contributed by atoms with Crippen LogP contribution in [0.1, 0.15) is 27.2 Å². The third-order valence-corrected chi connectivity index (χ3v) is 2.99. The van der Waals surface area contributed by atoms with E-state index < -0.39 is 10.2 Å². The summed E-state index contributed by atoms with van der Waals surface area (Å²) in [6.07, 6.45) is 0.782. The number of hydrogen-bond donors (Lipinski definition) is 1. The van der Waals surface area contributed by atoms with Gasteiger partial charge in [-0.15, -0.1) is 0 Å². The number of nitrogens with zero attached hydrogens (tertiary/aromatic N) is 1. The van der Waals surface area contributed by atoms with E-state index in [1.807, 2.05) is 13.8 Å². The van der Waals surface area contributed by atoms with Gasteiger partial charge in [0.05, 0.1) is 0 Å². The molecule has 11 heavy (non-hydrogen) atoms. The highest BCUT2D eigenvalue weighted by Gasteiger charge is 2.19. The lowest BCUT2D eigenvalue weighted by Crippen LogP contribution is -2.42. The van der Waals surface area contributed by atoms with Crippen molar-refractivity contribution < 1.29 is 8.42 Å². The number of rotatable bonds is 4. The third kappa shape index (κ3) is 3.18. The minimum Gasteiger partial charge on any atom is -0.216 e. The molecule has 2 N–H and O–H groups in total. The van der Waals surface area contributed by atoms with E-state index in [0.29, 0.717) is 6.54 Å². The zero-order valence-corrected chi connectivity index (χ0v) is 8.06. The van der Waals surface area contributed by atoms with E-state index in [9.17, 15) is 8.42 Å². The summed E-state index contributed by atoms with van der Waals surface area (Å²) in [6.45, 7) is 5.98. The van der Waals surface area contributed by atoms with Crippen molar-refractivity contribution in [3.05, 3.63) is 0 Å². The Labute approximate surface area is 68.6 Å². The van der Waals surface area contributed by atoms with Crippen LogP contribution in [0.25, 0.3) is 0 Å². The second kappa shape index (κ2) is 4.04. The Bertz CT molecular complexity index is 201. The number of nitrogens with two attached hydrogens (primary N) is 1. The van der Waals surface area contributed by atoms with Crippen LogP contribution in [0.2, 0.25) is 0 Å². The minimum absolute atomic E-state index is 0.00463. The first kappa shape index (κ1) is 10.9. The van der Waals surface area contributed by atoms with Crippen LogP contribution < -0.4 is 5.14 Å². The van der Waals surface area contributed by atoms with E-state index in [-0.39, 0.29) is 6.04 Å². The van der Waals surface area contributed by atoms with Gasteiger partial charge in [0.2, 0.25) is 0 Å². The highest BCUT2D eigenvalue weighted by atomic mass is 32.2. The molecule has 4 nitrogen and oxygen atoms in total. The molecule has 0 aromatic carbocycles. The molecule has 0 saturated carbocycles. The largest absolute Gasteiger partial charge is 0.277 e. The predicted molar refractivity (Wildman–Crippen MR) is 45.2 cm³/mol. The lowest BCUT2D eigenvalue weighted by molar-refractivity contribution is 0.343. The van der Waals surface area contributed by atoms with Gasteiger partial charge in [0.15, 0.2) is 0 Å². The molecule has 5 heteroatoms. The summed E-state index contributed by atoms with van der Waals surface area (Å²) in [7, 11) is -3.49. The molecule has 0 heterocycles. The van der Waals surface area contributed by atoms with E-state index in [0.717, 1.165) is 6.42 Å². The molecular formula is C6H16N2O2S. The molecule has 0 aliphatic carbocycles. The van der Waals surface area contributed by atoms with Gasteiger partial charge in [-0.25, -0.2) is 5.14 Å². The molecule has 0 aromatic rings. The standard InChI is InChI=1S/C6H16N2O2S/c1-4-6(3)8(5-2)11(7,9)10/h6H,4-5H2,1-3H3,(H2,7,9,10). The van der Waals surface area contributed by atoms with Crippen LogP contribution in [0.4, 0.5) is 0 Å². The van der Waals surface area contributed by atoms with Crippen LogP contribution in [-0.4, -0.2) is 25.3 Å². The number of hydrogen-bond acceptors (Lipinski definition) is 2. The summed E-state index contributed by atoms with van der Waals surface area (Å²) in [5.74, 6) is 0. The maximum atomic E-state index is 10.9. The fraction of sp³-hybridized carbons (Fsp3) is 1.00. The first-order valence-corrected chi connectivity index (χ1v) is 5.23. The van der Waals surface area contributed by atoms with Crippen molar-refractivity contribution in [1.82, 2.24) is 4.31 Å². The smallest absolute Gasteiger partial charge is 0.216 e. The average Bonchev–Trinajstić information content (AvgIpc) is 1.86. The normalized spacial score (nSPS) is 15.4. The molecule has 0 rings (SSSR count). The molecule has 0 aromatic heterocycles. The van der Waals surface area contributed by atoms with Crippen molar-refractivity contribution >= 4 is 10.2 Å². The lowest BCUT2D eigenvalue weighted by atomic mass is 10.3. The fourth-order valence-corrected chi connectivity index (χ4v) is 1.96. The summed E-state index contributed by atoms with van der Waals surface area (Å²) in [5, 5.41) is 4.96. The topological polar surface area (TPSA) is 63.4 Å². The van der Waals surface area contributed by atoms with Crippen molar-refractivity contribution in [2.75, 3.05) is 6.54 Å². The Morgan fingerprint density at radius 3 is 2.00 bits per heavy atom. The van der Waals surface area contributed by atoms with Crippen molar-refractivity contribution in [2.45, 2.75) is 33.2 Å². The molecule has 0 saturated heterocycles. The quantitative estimate of drug-likeness (QED) is 0.676. The Morgan fingerprint density at radius 1 is 1.45 bits per heavy atom. The van der Waals surface area contributed by atoms with Gasteiger partial charge in [-0.3, -0.25) is 0 Å². The fourth-order valence-electron chi connectivity index (χ4n) is 0.946. The zero-order chi connectivity index (χ0) is 9.07. The minimum atomic E-state index is -3.49. The highest BCUT2D eigenvalue weighted by Crippen LogP contribution is 2.05. The summed E-state index contributed by atoms with van der Waals surface area (Å²) < 4.78 is 23.0. The maximum absolute atomic E-state index is 10.9. The lowest BCUT2D eigenvalue weighted by Gasteiger charge is -2.23. The van der Waals surface area contributed by atoms with Crippen LogP contribution in [-0.2, 0) is 10.2 Å². The van der Waals surface area contributed by atoms with Crippen LogP contribution in [0, 0.1) is 0 Å². The Hall–Kier alpha value is -0.130. The summed E-state index contributed by atoms with van der Waals surface area (Å²) in [6, 6.07) is -0.00463. The predicted octanol–water partition coefficient (Wildman–Crippen LogP) is 0.310. The first-order valence-electron chi connectivity index (χ1n) is 3.73. The van der Waals surface area contributed by atoms with Crippen molar-refractivity contribution in [2.24, 2.45) is 5.14 Å². The van der Waals surface area contributed by atoms with E-state index in [4.69, 9.17) is 5.14 Å². The van der Waals surface area contributed by atoms with E-state index >= 15 is 0 Å². The molecule has 0 bridgehead atoms. The first-order chi connectivity index (χ1) is 4.93. The summed E-state index contributed by atoms with van der Waals surface area (Å²) in [4.78, 5) is 0. The molecular weight excluding hydrogens is 164 g/mol. The van der Waals surface area contributed by atoms with Crippen LogP contribution >= 0.6 is 0 Å². The molecule has 0 radical (unpaired) electrons. The molecule has 0 fully saturated rings. The Kier molecular flexibility index (Phi) is 3.99. The van der Waals surface area contributed by atoms with Crippen LogP contribution in [0.15, 0.2) is 0 Å². The van der Waals surface area contributed by atoms with Gasteiger partial charge in [0.1, 0.15) is 0 Å². The highest BCUT2D eigenvalue weighted by molar-refractivity contribution is 7.86. The molecule has 1 atom stereocenters. The molecule has 0 spiro atoms. The van der Waals surface area contributed by atoms with Gasteiger partial charge < -0.3 is 0 Å². The SMILES string of the molecule is CCC(C)N(CC)S(N)(=O)=O. The Morgan fingerprint density at radius 2 is 1.91 bits per heavy atom. The van der Waals surface area contributed by atoms with Gasteiger partial charge in [-0.05, 0) is 13.3 Å². The van der Waals surface area contributed by atoms with E-state index in [1.54, 1.807) is 6.92 Å². The van der Waals surface area contributed by atoms with Crippen LogP contribution in [0.5, 0.6) is 0 Å². The van der Waals surface area contributed by atoms with Gasteiger partial charge in [-0.1, -0.05) is 13.8 Å². The second-order valence-corrected chi connectivity index (χ2v) is 4.00. The van der Waals surface area contributed by atoms with Crippen molar-refractivity contribution in [3.8, 4) is 0 Å². The van der Waals surface area contributed by atoms with E-state index in [1.165, 1.54) is 4.31 Å². The van der Waals surface area contributed by atoms with Gasteiger partial charge in [-0.2, -0.15) is 12.7 Å². The molecule has 0 aliphatic rings. The summed E-state index contributed by atoms with van der Waals surface area (Å²) >= 11 is 0. The monoisotopic (exact) mass is 180 g/mol. The molecule has 0 aliphatic heterocycles. The van der Waals surface area contributed by atoms with Gasteiger partial charge in [0.25, 0.3) is 10.2 Å². The average molecular weight is 180 g/mol. The Balaban J connectivity index is 4.42. The second-order valence-electron chi connectivity index (χ2n) is 2.51. The van der Waals surface area contributed by atoms with Crippen molar-refractivity contribution in [3.63, 3.8) is 0 Å². The third-order valence-electron chi connectivity index (χ3n) is 1.72. The van der Waals surface area contributed by atoms with Gasteiger partial charge in [0, 0.05) is 12.6 Å². The van der Waals surface area contributed by atoms with Crippen molar-refractivity contribution in [1.29, 1.82) is 0 Å². The molecule has 68 valence electrons.